The van der Waals surface area contributed by atoms with Crippen LogP contribution in [0, 0.1) is 5.41 Å². The molecule has 18 heavy (non-hydrogen) atoms. The largest absolute Gasteiger partial charge is 0.444 e. The zero-order valence-electron chi connectivity index (χ0n) is 11.5. The van der Waals surface area contributed by atoms with Crippen molar-refractivity contribution in [2.45, 2.75) is 32.8 Å². The SMILES string of the molecule is CC(C)(C)OC(=O)N1CCN(CCC(=N)N)CC1. The minimum absolute atomic E-state index is 0.213. The van der Waals surface area contributed by atoms with E-state index in [0.29, 0.717) is 19.5 Å². The van der Waals surface area contributed by atoms with Crippen molar-refractivity contribution in [3.05, 3.63) is 0 Å². The first-order chi connectivity index (χ1) is 8.28. The molecule has 0 unspecified atom stereocenters. The van der Waals surface area contributed by atoms with Gasteiger partial charge in [0.25, 0.3) is 0 Å². The van der Waals surface area contributed by atoms with Crippen molar-refractivity contribution in [3.8, 4) is 0 Å². The first-order valence-electron chi connectivity index (χ1n) is 6.31. The van der Waals surface area contributed by atoms with E-state index in [0.717, 1.165) is 19.6 Å². The second-order valence-corrected chi connectivity index (χ2v) is 5.58. The summed E-state index contributed by atoms with van der Waals surface area (Å²) in [6, 6.07) is 0. The van der Waals surface area contributed by atoms with Crippen molar-refractivity contribution < 1.29 is 9.53 Å². The van der Waals surface area contributed by atoms with E-state index in [1.54, 1.807) is 4.90 Å². The van der Waals surface area contributed by atoms with Crippen LogP contribution in [0.25, 0.3) is 0 Å². The zero-order valence-corrected chi connectivity index (χ0v) is 11.5. The summed E-state index contributed by atoms with van der Waals surface area (Å²) in [5.41, 5.74) is 4.89. The van der Waals surface area contributed by atoms with Crippen LogP contribution < -0.4 is 5.73 Å². The Morgan fingerprint density at radius 1 is 1.28 bits per heavy atom. The van der Waals surface area contributed by atoms with Gasteiger partial charge in [-0.25, -0.2) is 4.79 Å². The maximum Gasteiger partial charge on any atom is 0.410 e. The molecule has 0 aliphatic carbocycles. The first-order valence-corrected chi connectivity index (χ1v) is 6.31. The van der Waals surface area contributed by atoms with Gasteiger partial charge in [0, 0.05) is 39.1 Å². The van der Waals surface area contributed by atoms with Crippen molar-refractivity contribution in [2.24, 2.45) is 5.73 Å². The third-order valence-corrected chi connectivity index (χ3v) is 2.72. The van der Waals surface area contributed by atoms with Gasteiger partial charge >= 0.3 is 6.09 Å². The summed E-state index contributed by atoms with van der Waals surface area (Å²) < 4.78 is 5.32. The van der Waals surface area contributed by atoms with Crippen LogP contribution in [0.4, 0.5) is 4.79 Å². The monoisotopic (exact) mass is 256 g/mol. The van der Waals surface area contributed by atoms with Crippen LogP contribution in [0.2, 0.25) is 0 Å². The Bertz CT molecular complexity index is 304. The molecule has 6 heteroatoms. The molecule has 104 valence electrons. The van der Waals surface area contributed by atoms with E-state index < -0.39 is 5.60 Å². The molecule has 0 aromatic heterocycles. The van der Waals surface area contributed by atoms with E-state index in [9.17, 15) is 4.79 Å². The number of amides is 1. The van der Waals surface area contributed by atoms with Crippen molar-refractivity contribution in [1.29, 1.82) is 5.41 Å². The fraction of sp³-hybridized carbons (Fsp3) is 0.833. The zero-order chi connectivity index (χ0) is 13.8. The third kappa shape index (κ3) is 5.35. The third-order valence-electron chi connectivity index (χ3n) is 2.72. The van der Waals surface area contributed by atoms with Gasteiger partial charge in [-0.3, -0.25) is 10.3 Å². The maximum absolute atomic E-state index is 11.8. The molecule has 0 bridgehead atoms. The molecule has 6 nitrogen and oxygen atoms in total. The predicted octanol–water partition coefficient (Wildman–Crippen LogP) is 0.865. The molecular formula is C12H24N4O2. The van der Waals surface area contributed by atoms with E-state index in [2.05, 4.69) is 4.90 Å². The summed E-state index contributed by atoms with van der Waals surface area (Å²) in [7, 11) is 0. The highest BCUT2D eigenvalue weighted by atomic mass is 16.6. The lowest BCUT2D eigenvalue weighted by atomic mass is 10.2. The molecule has 0 spiro atoms. The minimum atomic E-state index is -0.442. The number of rotatable bonds is 3. The van der Waals surface area contributed by atoms with E-state index in [1.165, 1.54) is 0 Å². The molecule has 1 saturated heterocycles. The van der Waals surface area contributed by atoms with Crippen molar-refractivity contribution in [3.63, 3.8) is 0 Å². The second kappa shape index (κ2) is 6.04. The van der Waals surface area contributed by atoms with Crippen molar-refractivity contribution in [1.82, 2.24) is 9.80 Å². The molecular weight excluding hydrogens is 232 g/mol. The van der Waals surface area contributed by atoms with Crippen LogP contribution in [0.15, 0.2) is 0 Å². The maximum atomic E-state index is 11.8. The summed E-state index contributed by atoms with van der Waals surface area (Å²) in [5, 5.41) is 7.19. The predicted molar refractivity (Wildman–Crippen MR) is 70.8 cm³/mol. The number of carbonyl (C=O) groups excluding carboxylic acids is 1. The summed E-state index contributed by atoms with van der Waals surface area (Å²) >= 11 is 0. The van der Waals surface area contributed by atoms with Crippen LogP contribution in [0.5, 0.6) is 0 Å². The molecule has 0 aromatic carbocycles. The van der Waals surface area contributed by atoms with E-state index >= 15 is 0 Å². The number of nitrogens with zero attached hydrogens (tertiary/aromatic N) is 2. The average Bonchev–Trinajstić information content (AvgIpc) is 2.24. The van der Waals surface area contributed by atoms with Crippen LogP contribution in [0.3, 0.4) is 0 Å². The molecule has 1 heterocycles. The van der Waals surface area contributed by atoms with Gasteiger partial charge in [0.1, 0.15) is 5.60 Å². The molecule has 1 fully saturated rings. The van der Waals surface area contributed by atoms with Gasteiger partial charge in [-0.1, -0.05) is 0 Å². The quantitative estimate of drug-likeness (QED) is 0.579. The molecule has 0 radical (unpaired) electrons. The number of hydrogen-bond donors (Lipinski definition) is 2. The number of nitrogens with two attached hydrogens (primary N) is 1. The molecule has 0 atom stereocenters. The molecule has 1 amide bonds. The molecule has 1 rings (SSSR count). The topological polar surface area (TPSA) is 82.7 Å². The van der Waals surface area contributed by atoms with Gasteiger partial charge in [0.15, 0.2) is 0 Å². The number of carbonyl (C=O) groups is 1. The Kier molecular flexibility index (Phi) is 4.95. The number of amidine groups is 1. The fourth-order valence-corrected chi connectivity index (χ4v) is 1.76. The number of hydrogen-bond acceptors (Lipinski definition) is 4. The second-order valence-electron chi connectivity index (χ2n) is 5.58. The van der Waals surface area contributed by atoms with Crippen LogP contribution >= 0.6 is 0 Å². The Labute approximate surface area is 109 Å². The van der Waals surface area contributed by atoms with Crippen molar-refractivity contribution in [2.75, 3.05) is 32.7 Å². The summed E-state index contributed by atoms with van der Waals surface area (Å²) in [4.78, 5) is 15.8. The average molecular weight is 256 g/mol. The van der Waals surface area contributed by atoms with Gasteiger partial charge < -0.3 is 15.4 Å². The van der Waals surface area contributed by atoms with E-state index in [-0.39, 0.29) is 11.9 Å². The van der Waals surface area contributed by atoms with Crippen LogP contribution in [-0.2, 0) is 4.74 Å². The first kappa shape index (κ1) is 14.8. The number of piperazine rings is 1. The molecule has 0 aromatic rings. The fourth-order valence-electron chi connectivity index (χ4n) is 1.76. The molecule has 1 aliphatic heterocycles. The molecule has 3 N–H and O–H groups in total. The Balaban J connectivity index is 2.30. The Hall–Kier alpha value is -1.30. The molecule has 1 aliphatic rings. The number of nitrogens with one attached hydrogen (secondary N) is 1. The van der Waals surface area contributed by atoms with Crippen LogP contribution in [0.1, 0.15) is 27.2 Å². The van der Waals surface area contributed by atoms with Gasteiger partial charge in [-0.2, -0.15) is 0 Å². The lowest BCUT2D eigenvalue weighted by molar-refractivity contribution is 0.0147. The normalized spacial score (nSPS) is 17.6. The summed E-state index contributed by atoms with van der Waals surface area (Å²) in [5.74, 6) is 0.213. The Morgan fingerprint density at radius 3 is 2.28 bits per heavy atom. The van der Waals surface area contributed by atoms with Crippen LogP contribution in [-0.4, -0.2) is 60.1 Å². The number of ether oxygens (including phenoxy) is 1. The minimum Gasteiger partial charge on any atom is -0.444 e. The van der Waals surface area contributed by atoms with Gasteiger partial charge in [0.2, 0.25) is 0 Å². The molecule has 0 saturated carbocycles. The lowest BCUT2D eigenvalue weighted by Gasteiger charge is -2.35. The highest BCUT2D eigenvalue weighted by Crippen LogP contribution is 2.11. The summed E-state index contributed by atoms with van der Waals surface area (Å²) in [6.45, 7) is 9.37. The van der Waals surface area contributed by atoms with E-state index in [4.69, 9.17) is 15.9 Å². The lowest BCUT2D eigenvalue weighted by Crippen LogP contribution is -2.50. The standard InChI is InChI=1S/C12H24N4O2/c1-12(2,3)18-11(17)16-8-6-15(7-9-16)5-4-10(13)14/h4-9H2,1-3H3,(H3,13,14). The smallest absolute Gasteiger partial charge is 0.410 e. The Morgan fingerprint density at radius 2 is 1.83 bits per heavy atom. The highest BCUT2D eigenvalue weighted by Gasteiger charge is 2.25. The summed E-state index contributed by atoms with van der Waals surface area (Å²) in [6.07, 6.45) is 0.348. The van der Waals surface area contributed by atoms with E-state index in [1.807, 2.05) is 20.8 Å². The van der Waals surface area contributed by atoms with Crippen molar-refractivity contribution >= 4 is 11.9 Å². The van der Waals surface area contributed by atoms with Gasteiger partial charge in [-0.05, 0) is 20.8 Å². The van der Waals surface area contributed by atoms with Gasteiger partial charge in [0.05, 0.1) is 5.84 Å². The van der Waals surface area contributed by atoms with Gasteiger partial charge in [-0.15, -0.1) is 0 Å². The highest BCUT2D eigenvalue weighted by molar-refractivity contribution is 5.76.